The van der Waals surface area contributed by atoms with Gasteiger partial charge in [-0.3, -0.25) is 0 Å². The Morgan fingerprint density at radius 3 is 1.21 bits per heavy atom. The Hall–Kier alpha value is -0.790. The van der Waals surface area contributed by atoms with Gasteiger partial charge in [-0.2, -0.15) is 0 Å². The summed E-state index contributed by atoms with van der Waals surface area (Å²) in [5.74, 6) is 0. The lowest BCUT2D eigenvalue weighted by molar-refractivity contribution is -0.696. The highest BCUT2D eigenvalue weighted by Crippen LogP contribution is 2.15. The highest BCUT2D eigenvalue weighted by atomic mass is 15.1. The summed E-state index contributed by atoms with van der Waals surface area (Å²) in [4.78, 5) is 0. The highest BCUT2D eigenvalue weighted by Gasteiger charge is 2.02. The number of rotatable bonds is 26. The van der Waals surface area contributed by atoms with Crippen LogP contribution < -0.4 is 4.57 Å². The maximum Gasteiger partial charge on any atom is 0.243 e. The molecule has 0 radical (unpaired) electrons. The second-order valence-corrected chi connectivity index (χ2v) is 10.7. The lowest BCUT2D eigenvalue weighted by atomic mass is 10.0. The minimum atomic E-state index is 1.17. The van der Waals surface area contributed by atoms with Gasteiger partial charge in [-0.25, -0.2) is 9.13 Å². The van der Waals surface area contributed by atoms with Gasteiger partial charge in [0.05, 0.1) is 13.1 Å². The molecule has 0 aliphatic rings. The van der Waals surface area contributed by atoms with Crippen LogP contribution in [0.25, 0.3) is 0 Å². The molecule has 2 heteroatoms. The minimum Gasteiger partial charge on any atom is -0.237 e. The van der Waals surface area contributed by atoms with Crippen LogP contribution in [0.15, 0.2) is 18.7 Å². The summed E-state index contributed by atoms with van der Waals surface area (Å²) in [6.45, 7) is 6.93. The molecule has 1 aromatic rings. The summed E-state index contributed by atoms with van der Waals surface area (Å²) in [6.07, 6.45) is 41.4. The van der Waals surface area contributed by atoms with Crippen molar-refractivity contribution in [1.29, 1.82) is 0 Å². The van der Waals surface area contributed by atoms with Gasteiger partial charge in [-0.05, 0) is 19.3 Å². The monoisotopic (exact) mass is 461 g/mol. The number of hydrogen-bond acceptors (Lipinski definition) is 0. The molecule has 0 aromatic carbocycles. The zero-order valence-electron chi connectivity index (χ0n) is 23.0. The van der Waals surface area contributed by atoms with Crippen LogP contribution in [-0.4, -0.2) is 4.57 Å². The van der Waals surface area contributed by atoms with Crippen LogP contribution in [0.2, 0.25) is 0 Å². The average molecular weight is 462 g/mol. The molecule has 0 saturated carbocycles. The third kappa shape index (κ3) is 20.3. The number of aryl methyl sites for hydroxylation is 2. The van der Waals surface area contributed by atoms with Crippen molar-refractivity contribution in [3.8, 4) is 0 Å². The summed E-state index contributed by atoms with van der Waals surface area (Å²) in [5.41, 5.74) is 0. The van der Waals surface area contributed by atoms with Gasteiger partial charge in [-0.15, -0.1) is 0 Å². The molecule has 0 aliphatic carbocycles. The van der Waals surface area contributed by atoms with E-state index >= 15 is 0 Å². The Morgan fingerprint density at radius 2 is 0.818 bits per heavy atom. The van der Waals surface area contributed by atoms with E-state index in [1.165, 1.54) is 167 Å². The standard InChI is InChI=1S/C31H61N2/c1-3-5-7-8-9-10-11-12-13-14-15-16-17-18-19-20-21-22-23-24-25-26-28-33-30-29-32(31-33)27-6-4-2/h29-31H,3-28H2,1-2H3/q+1. The number of nitrogens with zero attached hydrogens (tertiary/aromatic N) is 2. The molecule has 0 saturated heterocycles. The summed E-state index contributed by atoms with van der Waals surface area (Å²) in [7, 11) is 0. The van der Waals surface area contributed by atoms with Crippen molar-refractivity contribution in [1.82, 2.24) is 4.57 Å². The van der Waals surface area contributed by atoms with Crippen molar-refractivity contribution in [2.45, 2.75) is 181 Å². The van der Waals surface area contributed by atoms with Crippen LogP contribution in [0.4, 0.5) is 0 Å². The molecule has 0 fully saturated rings. The molecule has 0 N–H and O–H groups in total. The molecule has 1 aromatic heterocycles. The molecule has 194 valence electrons. The van der Waals surface area contributed by atoms with Gasteiger partial charge in [0.2, 0.25) is 6.33 Å². The zero-order valence-corrected chi connectivity index (χ0v) is 23.0. The fourth-order valence-corrected chi connectivity index (χ4v) is 4.95. The number of aromatic nitrogens is 2. The van der Waals surface area contributed by atoms with Gasteiger partial charge in [0, 0.05) is 0 Å². The van der Waals surface area contributed by atoms with Crippen LogP contribution in [0.5, 0.6) is 0 Å². The SMILES string of the molecule is CCCCCCCCCCCCCCCCCCCCCCCC[n+]1ccn(CCCC)c1. The van der Waals surface area contributed by atoms with Crippen molar-refractivity contribution in [2.24, 2.45) is 0 Å². The topological polar surface area (TPSA) is 8.81 Å². The summed E-state index contributed by atoms with van der Waals surface area (Å²) in [5, 5.41) is 0. The highest BCUT2D eigenvalue weighted by molar-refractivity contribution is 4.65. The first-order valence-corrected chi connectivity index (χ1v) is 15.4. The molecular formula is C31H61N2+. The van der Waals surface area contributed by atoms with Crippen LogP contribution in [-0.2, 0) is 13.1 Å². The lowest BCUT2D eigenvalue weighted by Gasteiger charge is -2.04. The van der Waals surface area contributed by atoms with Crippen molar-refractivity contribution in [2.75, 3.05) is 0 Å². The maximum atomic E-state index is 2.37. The van der Waals surface area contributed by atoms with Crippen molar-refractivity contribution >= 4 is 0 Å². The largest absolute Gasteiger partial charge is 0.243 e. The Kier molecular flexibility index (Phi) is 22.3. The van der Waals surface area contributed by atoms with Crippen LogP contribution in [0.3, 0.4) is 0 Å². The van der Waals surface area contributed by atoms with Crippen LogP contribution in [0, 0.1) is 0 Å². The summed E-state index contributed by atoms with van der Waals surface area (Å²) >= 11 is 0. The molecule has 0 bridgehead atoms. The van der Waals surface area contributed by atoms with E-state index in [9.17, 15) is 0 Å². The fourth-order valence-electron chi connectivity index (χ4n) is 4.95. The van der Waals surface area contributed by atoms with E-state index in [0.717, 1.165) is 0 Å². The third-order valence-electron chi connectivity index (χ3n) is 7.29. The number of hydrogen-bond donors (Lipinski definition) is 0. The Labute approximate surface area is 208 Å². The van der Waals surface area contributed by atoms with E-state index in [2.05, 4.69) is 41.7 Å². The van der Waals surface area contributed by atoms with E-state index in [-0.39, 0.29) is 0 Å². The number of imidazole rings is 1. The number of unbranched alkanes of at least 4 members (excludes halogenated alkanes) is 22. The molecule has 0 amide bonds. The maximum absolute atomic E-state index is 2.37. The van der Waals surface area contributed by atoms with Crippen molar-refractivity contribution < 1.29 is 4.57 Å². The third-order valence-corrected chi connectivity index (χ3v) is 7.29. The fraction of sp³-hybridized carbons (Fsp3) is 0.903. The molecule has 0 atom stereocenters. The van der Waals surface area contributed by atoms with E-state index in [1.54, 1.807) is 0 Å². The van der Waals surface area contributed by atoms with Crippen LogP contribution >= 0.6 is 0 Å². The quantitative estimate of drug-likeness (QED) is 0.0958. The molecule has 0 unspecified atom stereocenters. The molecule has 2 nitrogen and oxygen atoms in total. The predicted octanol–water partition coefficient (Wildman–Crippen LogP) is 10.2. The second-order valence-electron chi connectivity index (χ2n) is 10.7. The van der Waals surface area contributed by atoms with E-state index < -0.39 is 0 Å². The Balaban J connectivity index is 1.70. The molecule has 0 aliphatic heterocycles. The molecule has 1 heterocycles. The van der Waals surface area contributed by atoms with Crippen molar-refractivity contribution in [3.63, 3.8) is 0 Å². The molecule has 33 heavy (non-hydrogen) atoms. The van der Waals surface area contributed by atoms with Gasteiger partial charge >= 0.3 is 0 Å². The first kappa shape index (κ1) is 30.2. The first-order chi connectivity index (χ1) is 16.4. The van der Waals surface area contributed by atoms with Gasteiger partial charge in [0.25, 0.3) is 0 Å². The van der Waals surface area contributed by atoms with E-state index in [1.807, 2.05) is 0 Å². The van der Waals surface area contributed by atoms with Gasteiger partial charge < -0.3 is 0 Å². The first-order valence-electron chi connectivity index (χ1n) is 15.4. The second kappa shape index (κ2) is 24.3. The minimum absolute atomic E-state index is 1.17. The van der Waals surface area contributed by atoms with Gasteiger partial charge in [-0.1, -0.05) is 149 Å². The predicted molar refractivity (Wildman–Crippen MR) is 147 cm³/mol. The molecule has 0 spiro atoms. The van der Waals surface area contributed by atoms with E-state index in [0.29, 0.717) is 0 Å². The molecule has 1 rings (SSSR count). The average Bonchev–Trinajstić information content (AvgIpc) is 3.28. The molecular weight excluding hydrogens is 400 g/mol. The van der Waals surface area contributed by atoms with Gasteiger partial charge in [0.1, 0.15) is 12.4 Å². The van der Waals surface area contributed by atoms with Crippen molar-refractivity contribution in [3.05, 3.63) is 18.7 Å². The van der Waals surface area contributed by atoms with Crippen LogP contribution in [0.1, 0.15) is 168 Å². The zero-order chi connectivity index (χ0) is 23.7. The van der Waals surface area contributed by atoms with Gasteiger partial charge in [0.15, 0.2) is 0 Å². The smallest absolute Gasteiger partial charge is 0.237 e. The summed E-state index contributed by atoms with van der Waals surface area (Å²) < 4.78 is 4.70. The normalized spacial score (nSPS) is 11.5. The lowest BCUT2D eigenvalue weighted by Crippen LogP contribution is -2.30. The summed E-state index contributed by atoms with van der Waals surface area (Å²) in [6, 6.07) is 0. The Morgan fingerprint density at radius 1 is 0.455 bits per heavy atom. The Bertz CT molecular complexity index is 493. The van der Waals surface area contributed by atoms with E-state index in [4.69, 9.17) is 0 Å².